The van der Waals surface area contributed by atoms with Gasteiger partial charge in [-0.25, -0.2) is 0 Å². The molecule has 2 saturated heterocycles. The van der Waals surface area contributed by atoms with Gasteiger partial charge in [0.15, 0.2) is 0 Å². The van der Waals surface area contributed by atoms with Crippen molar-refractivity contribution in [2.75, 3.05) is 13.7 Å². The number of ether oxygens (including phenoxy) is 1. The van der Waals surface area contributed by atoms with Gasteiger partial charge in [0, 0.05) is 24.5 Å². The molecule has 0 aliphatic carbocycles. The number of hydrogen-bond donors (Lipinski definition) is 0. The fourth-order valence-electron chi connectivity index (χ4n) is 4.44. The van der Waals surface area contributed by atoms with Crippen molar-refractivity contribution in [2.45, 2.75) is 51.1 Å². The quantitative estimate of drug-likeness (QED) is 0.627. The summed E-state index contributed by atoms with van der Waals surface area (Å²) in [5.41, 5.74) is 2.55. The van der Waals surface area contributed by atoms with E-state index in [1.807, 2.05) is 0 Å². The average Bonchev–Trinajstić information content (AvgIpc) is 2.84. The molecular weight excluding hydrogens is 286 g/mol. The van der Waals surface area contributed by atoms with Gasteiger partial charge >= 0.3 is 5.97 Å². The summed E-state index contributed by atoms with van der Waals surface area (Å²) in [5.74, 6) is 0.181. The molecule has 2 bridgehead atoms. The number of benzene rings is 1. The molecule has 0 N–H and O–H groups in total. The SMILES string of the molecule is CC=CCN1C2CCC1C(C(=O)OC)C(c1ccc(C)cc1)C2. The van der Waals surface area contributed by atoms with Crippen LogP contribution in [0.3, 0.4) is 0 Å². The van der Waals surface area contributed by atoms with E-state index in [0.29, 0.717) is 12.1 Å². The molecule has 3 nitrogen and oxygen atoms in total. The van der Waals surface area contributed by atoms with Crippen molar-refractivity contribution in [2.24, 2.45) is 5.92 Å². The van der Waals surface area contributed by atoms with Gasteiger partial charge in [0.25, 0.3) is 0 Å². The first kappa shape index (κ1) is 16.3. The van der Waals surface area contributed by atoms with Crippen LogP contribution in [0.5, 0.6) is 0 Å². The average molecular weight is 313 g/mol. The lowest BCUT2D eigenvalue weighted by atomic mass is 9.76. The highest BCUT2D eigenvalue weighted by molar-refractivity contribution is 5.75. The maximum atomic E-state index is 12.6. The first-order valence-electron chi connectivity index (χ1n) is 8.67. The molecule has 0 amide bonds. The summed E-state index contributed by atoms with van der Waals surface area (Å²) in [6, 6.07) is 9.58. The number of hydrogen-bond acceptors (Lipinski definition) is 3. The molecule has 1 aromatic carbocycles. The Kier molecular flexibility index (Phi) is 4.86. The normalized spacial score (nSPS) is 30.7. The van der Waals surface area contributed by atoms with Crippen molar-refractivity contribution in [3.05, 3.63) is 47.5 Å². The second-order valence-corrected chi connectivity index (χ2v) is 6.87. The zero-order chi connectivity index (χ0) is 16.4. The van der Waals surface area contributed by atoms with Crippen molar-refractivity contribution >= 4 is 5.97 Å². The highest BCUT2D eigenvalue weighted by atomic mass is 16.5. The monoisotopic (exact) mass is 313 g/mol. The van der Waals surface area contributed by atoms with E-state index in [4.69, 9.17) is 4.74 Å². The van der Waals surface area contributed by atoms with Crippen LogP contribution >= 0.6 is 0 Å². The van der Waals surface area contributed by atoms with Crippen LogP contribution in [0.25, 0.3) is 0 Å². The maximum Gasteiger partial charge on any atom is 0.310 e. The van der Waals surface area contributed by atoms with E-state index in [1.165, 1.54) is 24.7 Å². The van der Waals surface area contributed by atoms with Crippen molar-refractivity contribution in [3.8, 4) is 0 Å². The minimum absolute atomic E-state index is 0.0493. The number of esters is 1. The summed E-state index contributed by atoms with van der Waals surface area (Å²) in [7, 11) is 1.52. The predicted octanol–water partition coefficient (Wildman–Crippen LogP) is 3.68. The number of fused-ring (bicyclic) bond motifs is 2. The van der Waals surface area contributed by atoms with Crippen molar-refractivity contribution in [1.82, 2.24) is 4.90 Å². The Morgan fingerprint density at radius 1 is 1.30 bits per heavy atom. The first-order valence-corrected chi connectivity index (χ1v) is 8.67. The van der Waals surface area contributed by atoms with E-state index in [9.17, 15) is 4.79 Å². The van der Waals surface area contributed by atoms with Crippen LogP contribution in [0.15, 0.2) is 36.4 Å². The first-order chi connectivity index (χ1) is 11.2. The van der Waals surface area contributed by atoms with Crippen molar-refractivity contribution in [3.63, 3.8) is 0 Å². The minimum atomic E-state index is -0.0496. The molecule has 124 valence electrons. The summed E-state index contributed by atoms with van der Waals surface area (Å²) < 4.78 is 5.18. The third kappa shape index (κ3) is 3.07. The zero-order valence-corrected chi connectivity index (χ0v) is 14.4. The molecule has 3 rings (SSSR count). The molecule has 23 heavy (non-hydrogen) atoms. The van der Waals surface area contributed by atoms with Gasteiger partial charge in [0.05, 0.1) is 13.0 Å². The van der Waals surface area contributed by atoms with Crippen LogP contribution in [0.2, 0.25) is 0 Å². The van der Waals surface area contributed by atoms with E-state index >= 15 is 0 Å². The molecule has 2 fully saturated rings. The van der Waals surface area contributed by atoms with Crippen LogP contribution in [0.4, 0.5) is 0 Å². The Bertz CT molecular complexity index is 578. The lowest BCUT2D eigenvalue weighted by Crippen LogP contribution is -2.50. The molecule has 3 heteroatoms. The van der Waals surface area contributed by atoms with Crippen LogP contribution < -0.4 is 0 Å². The molecule has 0 radical (unpaired) electrons. The number of allylic oxidation sites excluding steroid dienone is 1. The lowest BCUT2D eigenvalue weighted by molar-refractivity contribution is -0.150. The Morgan fingerprint density at radius 2 is 2.04 bits per heavy atom. The Hall–Kier alpha value is -1.61. The number of nitrogens with zero attached hydrogens (tertiary/aromatic N) is 1. The number of aryl methyl sites for hydroxylation is 1. The second kappa shape index (κ2) is 6.88. The summed E-state index contributed by atoms with van der Waals surface area (Å²) in [4.78, 5) is 15.1. The number of carbonyl (C=O) groups is 1. The molecule has 1 aromatic rings. The van der Waals surface area contributed by atoms with Crippen LogP contribution in [-0.2, 0) is 9.53 Å². The van der Waals surface area contributed by atoms with Gasteiger partial charge in [-0.3, -0.25) is 9.69 Å². The van der Waals surface area contributed by atoms with E-state index in [1.54, 1.807) is 0 Å². The summed E-state index contributed by atoms with van der Waals surface area (Å²) in [6.07, 6.45) is 7.64. The zero-order valence-electron chi connectivity index (χ0n) is 14.4. The van der Waals surface area contributed by atoms with E-state index in [2.05, 4.69) is 55.2 Å². The third-order valence-corrected chi connectivity index (χ3v) is 5.60. The standard InChI is InChI=1S/C20H27NO2/c1-4-5-12-21-16-10-11-18(21)19(20(22)23-3)17(13-16)15-8-6-14(2)7-9-15/h4-9,16-19H,10-13H2,1-3H3. The van der Waals surface area contributed by atoms with E-state index < -0.39 is 0 Å². The third-order valence-electron chi connectivity index (χ3n) is 5.60. The van der Waals surface area contributed by atoms with Gasteiger partial charge in [-0.1, -0.05) is 42.0 Å². The minimum Gasteiger partial charge on any atom is -0.469 e. The molecule has 2 aliphatic heterocycles. The van der Waals surface area contributed by atoms with Crippen LogP contribution in [-0.4, -0.2) is 36.6 Å². The molecule has 2 heterocycles. The van der Waals surface area contributed by atoms with Gasteiger partial charge in [-0.2, -0.15) is 0 Å². The second-order valence-electron chi connectivity index (χ2n) is 6.87. The number of rotatable bonds is 4. The lowest BCUT2D eigenvalue weighted by Gasteiger charge is -2.43. The van der Waals surface area contributed by atoms with Gasteiger partial charge in [0.2, 0.25) is 0 Å². The number of carbonyl (C=O) groups excluding carboxylic acids is 1. The Morgan fingerprint density at radius 3 is 2.70 bits per heavy atom. The molecular formula is C20H27NO2. The molecule has 4 atom stereocenters. The summed E-state index contributed by atoms with van der Waals surface area (Å²) in [6.45, 7) is 5.10. The van der Waals surface area contributed by atoms with Crippen LogP contribution in [0, 0.1) is 12.8 Å². The summed E-state index contributed by atoms with van der Waals surface area (Å²) in [5, 5.41) is 0. The Balaban J connectivity index is 1.91. The maximum absolute atomic E-state index is 12.6. The van der Waals surface area contributed by atoms with Crippen molar-refractivity contribution < 1.29 is 9.53 Å². The van der Waals surface area contributed by atoms with Gasteiger partial charge < -0.3 is 4.74 Å². The van der Waals surface area contributed by atoms with Gasteiger partial charge in [-0.05, 0) is 38.7 Å². The predicted molar refractivity (Wildman–Crippen MR) is 92.4 cm³/mol. The van der Waals surface area contributed by atoms with Gasteiger partial charge in [0.1, 0.15) is 0 Å². The largest absolute Gasteiger partial charge is 0.469 e. The Labute approximate surface area is 139 Å². The van der Waals surface area contributed by atoms with Crippen LogP contribution in [0.1, 0.15) is 43.2 Å². The molecule has 0 aromatic heterocycles. The van der Waals surface area contributed by atoms with Crippen molar-refractivity contribution in [1.29, 1.82) is 0 Å². The van der Waals surface area contributed by atoms with Gasteiger partial charge in [-0.15, -0.1) is 0 Å². The molecule has 2 aliphatic rings. The number of piperidine rings is 1. The molecule has 0 spiro atoms. The fraction of sp³-hybridized carbons (Fsp3) is 0.550. The summed E-state index contributed by atoms with van der Waals surface area (Å²) >= 11 is 0. The highest BCUT2D eigenvalue weighted by Crippen LogP contribution is 2.47. The van der Waals surface area contributed by atoms with E-state index in [0.717, 1.165) is 19.4 Å². The molecule has 0 saturated carbocycles. The van der Waals surface area contributed by atoms with E-state index in [-0.39, 0.29) is 17.8 Å². The topological polar surface area (TPSA) is 29.5 Å². The number of methoxy groups -OCH3 is 1. The highest BCUT2D eigenvalue weighted by Gasteiger charge is 2.50. The fourth-order valence-corrected chi connectivity index (χ4v) is 4.44. The molecule has 4 unspecified atom stereocenters. The smallest absolute Gasteiger partial charge is 0.310 e.